The van der Waals surface area contributed by atoms with Gasteiger partial charge >= 0.3 is 0 Å². The summed E-state index contributed by atoms with van der Waals surface area (Å²) in [5.41, 5.74) is 12.7. The number of hydrogen-bond donors (Lipinski definition) is 2. The molecule has 0 saturated carbocycles. The fourth-order valence-electron chi connectivity index (χ4n) is 1.26. The topological polar surface area (TPSA) is 73.6 Å². The van der Waals surface area contributed by atoms with Gasteiger partial charge in [0.05, 0.1) is 13.2 Å². The number of rotatable bonds is 4. The summed E-state index contributed by atoms with van der Waals surface area (Å²) >= 11 is 0. The molecule has 0 heterocycles. The van der Waals surface area contributed by atoms with E-state index in [1.807, 2.05) is 32.0 Å². The van der Waals surface area contributed by atoms with Crippen molar-refractivity contribution in [2.75, 3.05) is 6.61 Å². The molecule has 0 aliphatic carbocycles. The third kappa shape index (κ3) is 3.50. The molecule has 1 aromatic rings. The third-order valence-corrected chi connectivity index (χ3v) is 1.95. The van der Waals surface area contributed by atoms with Gasteiger partial charge in [0.2, 0.25) is 0 Å². The molecule has 1 rings (SSSR count). The predicted octanol–water partition coefficient (Wildman–Crippen LogP) is 1.17. The number of ether oxygens (including phenoxy) is 1. The minimum atomic E-state index is 0.0954. The largest absolute Gasteiger partial charge is 0.494 e. The molecule has 82 valence electrons. The predicted molar refractivity (Wildman–Crippen MR) is 61.9 cm³/mol. The normalized spacial score (nSPS) is 9.73. The van der Waals surface area contributed by atoms with E-state index in [1.165, 1.54) is 0 Å². The first-order valence-corrected chi connectivity index (χ1v) is 4.91. The molecule has 0 atom stereocenters. The molecule has 1 aromatic carbocycles. The van der Waals surface area contributed by atoms with Crippen LogP contribution < -0.4 is 16.2 Å². The Bertz CT molecular complexity index is 357. The lowest BCUT2D eigenvalue weighted by Gasteiger charge is -2.09. The lowest BCUT2D eigenvalue weighted by molar-refractivity contribution is 0.336. The third-order valence-electron chi connectivity index (χ3n) is 1.95. The van der Waals surface area contributed by atoms with E-state index >= 15 is 0 Å². The molecule has 0 fully saturated rings. The van der Waals surface area contributed by atoms with E-state index in [4.69, 9.17) is 16.2 Å². The van der Waals surface area contributed by atoms with E-state index in [1.54, 1.807) is 0 Å². The summed E-state index contributed by atoms with van der Waals surface area (Å²) in [6.07, 6.45) is 0. The molecular formula is C11H17N3O. The number of guanidine groups is 1. The van der Waals surface area contributed by atoms with E-state index in [0.717, 1.165) is 16.9 Å². The molecule has 0 saturated heterocycles. The smallest absolute Gasteiger partial charge is 0.186 e. The average molecular weight is 207 g/mol. The summed E-state index contributed by atoms with van der Waals surface area (Å²) in [5, 5.41) is 0. The number of benzene rings is 1. The Labute approximate surface area is 89.9 Å². The van der Waals surface area contributed by atoms with E-state index in [9.17, 15) is 0 Å². The summed E-state index contributed by atoms with van der Waals surface area (Å²) in [5.74, 6) is 0.945. The minimum Gasteiger partial charge on any atom is -0.494 e. The molecule has 4 N–H and O–H groups in total. The van der Waals surface area contributed by atoms with Crippen LogP contribution in [0.15, 0.2) is 23.2 Å². The van der Waals surface area contributed by atoms with Gasteiger partial charge in [-0.2, -0.15) is 0 Å². The Morgan fingerprint density at radius 3 is 2.73 bits per heavy atom. The Hall–Kier alpha value is -1.71. The minimum absolute atomic E-state index is 0.0954. The average Bonchev–Trinajstić information content (AvgIpc) is 2.17. The van der Waals surface area contributed by atoms with Crippen molar-refractivity contribution in [2.45, 2.75) is 20.4 Å². The van der Waals surface area contributed by atoms with Crippen molar-refractivity contribution < 1.29 is 4.74 Å². The fraction of sp³-hybridized carbons (Fsp3) is 0.364. The first kappa shape index (κ1) is 11.4. The number of hydrogen-bond acceptors (Lipinski definition) is 2. The van der Waals surface area contributed by atoms with Gasteiger partial charge in [0.25, 0.3) is 0 Å². The van der Waals surface area contributed by atoms with Crippen molar-refractivity contribution in [3.05, 3.63) is 29.3 Å². The zero-order chi connectivity index (χ0) is 11.3. The van der Waals surface area contributed by atoms with Gasteiger partial charge in [-0.15, -0.1) is 0 Å². The Morgan fingerprint density at radius 1 is 1.40 bits per heavy atom. The van der Waals surface area contributed by atoms with Crippen molar-refractivity contribution in [1.29, 1.82) is 0 Å². The van der Waals surface area contributed by atoms with Crippen LogP contribution in [0.1, 0.15) is 18.1 Å². The molecule has 0 unspecified atom stereocenters. The molecule has 0 aromatic heterocycles. The van der Waals surface area contributed by atoms with Crippen LogP contribution in [0.5, 0.6) is 5.75 Å². The van der Waals surface area contributed by atoms with Gasteiger partial charge < -0.3 is 16.2 Å². The maximum Gasteiger partial charge on any atom is 0.186 e. The van der Waals surface area contributed by atoms with Gasteiger partial charge in [0, 0.05) is 5.56 Å². The molecule has 0 aliphatic heterocycles. The van der Waals surface area contributed by atoms with Crippen molar-refractivity contribution in [3.8, 4) is 5.75 Å². The summed E-state index contributed by atoms with van der Waals surface area (Å²) in [4.78, 5) is 3.96. The van der Waals surface area contributed by atoms with Crippen LogP contribution in [0.2, 0.25) is 0 Å². The molecular weight excluding hydrogens is 190 g/mol. The first-order chi connectivity index (χ1) is 7.13. The second kappa shape index (κ2) is 5.24. The Balaban J connectivity index is 2.90. The van der Waals surface area contributed by atoms with Gasteiger partial charge in [0.1, 0.15) is 5.75 Å². The summed E-state index contributed by atoms with van der Waals surface area (Å²) in [6, 6.07) is 5.98. The molecule has 4 heteroatoms. The highest BCUT2D eigenvalue weighted by molar-refractivity contribution is 5.75. The number of nitrogens with zero attached hydrogens (tertiary/aromatic N) is 1. The molecule has 15 heavy (non-hydrogen) atoms. The molecule has 0 amide bonds. The lowest BCUT2D eigenvalue weighted by atomic mass is 10.1. The zero-order valence-electron chi connectivity index (χ0n) is 9.16. The molecule has 0 aliphatic rings. The highest BCUT2D eigenvalue weighted by Gasteiger charge is 2.02. The maximum absolute atomic E-state index is 5.50. The van der Waals surface area contributed by atoms with Crippen LogP contribution in [0.4, 0.5) is 0 Å². The van der Waals surface area contributed by atoms with Crippen LogP contribution in [0.3, 0.4) is 0 Å². The van der Waals surface area contributed by atoms with Gasteiger partial charge in [-0.25, -0.2) is 4.99 Å². The highest BCUT2D eigenvalue weighted by atomic mass is 16.5. The summed E-state index contributed by atoms with van der Waals surface area (Å²) in [6.45, 7) is 5.07. The van der Waals surface area contributed by atoms with Crippen molar-refractivity contribution in [1.82, 2.24) is 0 Å². The molecule has 0 radical (unpaired) electrons. The van der Waals surface area contributed by atoms with Crippen LogP contribution in [0, 0.1) is 6.92 Å². The standard InChI is InChI=1S/C11H17N3O/c1-3-15-10-6-8(2)4-5-9(10)7-14-11(12)13/h4-6H,3,7H2,1-2H3,(H4,12,13,14). The first-order valence-electron chi connectivity index (χ1n) is 4.91. The van der Waals surface area contributed by atoms with Gasteiger partial charge in [-0.05, 0) is 25.5 Å². The zero-order valence-corrected chi connectivity index (χ0v) is 9.16. The number of aliphatic imine (C=N–C) groups is 1. The number of nitrogens with two attached hydrogens (primary N) is 2. The van der Waals surface area contributed by atoms with Crippen molar-refractivity contribution in [3.63, 3.8) is 0 Å². The fourth-order valence-corrected chi connectivity index (χ4v) is 1.26. The van der Waals surface area contributed by atoms with Crippen LogP contribution in [-0.4, -0.2) is 12.6 Å². The van der Waals surface area contributed by atoms with E-state index in [-0.39, 0.29) is 5.96 Å². The van der Waals surface area contributed by atoms with Gasteiger partial charge in [-0.3, -0.25) is 0 Å². The molecule has 0 bridgehead atoms. The SMILES string of the molecule is CCOc1cc(C)ccc1CN=C(N)N. The van der Waals surface area contributed by atoms with Gasteiger partial charge in [0.15, 0.2) is 5.96 Å². The van der Waals surface area contributed by atoms with Gasteiger partial charge in [-0.1, -0.05) is 12.1 Å². The van der Waals surface area contributed by atoms with E-state index in [2.05, 4.69) is 4.99 Å². The Kier molecular flexibility index (Phi) is 3.97. The summed E-state index contributed by atoms with van der Waals surface area (Å²) in [7, 11) is 0. The Morgan fingerprint density at radius 2 is 2.13 bits per heavy atom. The van der Waals surface area contributed by atoms with Crippen LogP contribution in [0.25, 0.3) is 0 Å². The monoisotopic (exact) mass is 207 g/mol. The molecule has 0 spiro atoms. The number of aryl methyl sites for hydroxylation is 1. The summed E-state index contributed by atoms with van der Waals surface area (Å²) < 4.78 is 5.50. The second-order valence-corrected chi connectivity index (χ2v) is 3.29. The quantitative estimate of drug-likeness (QED) is 0.575. The highest BCUT2D eigenvalue weighted by Crippen LogP contribution is 2.21. The van der Waals surface area contributed by atoms with Crippen LogP contribution in [-0.2, 0) is 6.54 Å². The molecule has 4 nitrogen and oxygen atoms in total. The maximum atomic E-state index is 5.50. The van der Waals surface area contributed by atoms with Crippen molar-refractivity contribution >= 4 is 5.96 Å². The van der Waals surface area contributed by atoms with E-state index in [0.29, 0.717) is 13.2 Å². The van der Waals surface area contributed by atoms with Crippen molar-refractivity contribution in [2.24, 2.45) is 16.5 Å². The lowest BCUT2D eigenvalue weighted by Crippen LogP contribution is -2.22. The second-order valence-electron chi connectivity index (χ2n) is 3.29. The van der Waals surface area contributed by atoms with Crippen LogP contribution >= 0.6 is 0 Å². The van der Waals surface area contributed by atoms with E-state index < -0.39 is 0 Å².